The Balaban J connectivity index is 2.00. The van der Waals surface area contributed by atoms with Crippen molar-refractivity contribution < 1.29 is 9.59 Å². The fraction of sp³-hybridized carbons (Fsp3) is 0.300. The molecule has 0 saturated carbocycles. The summed E-state index contributed by atoms with van der Waals surface area (Å²) in [6.45, 7) is 1.95. The molecule has 0 radical (unpaired) electrons. The summed E-state index contributed by atoms with van der Waals surface area (Å²) in [6, 6.07) is 18.7. The number of rotatable bonds is 8. The van der Waals surface area contributed by atoms with Crippen molar-refractivity contribution in [3.05, 3.63) is 66.2 Å². The highest BCUT2D eigenvalue weighted by Crippen LogP contribution is 2.10. The molecule has 0 saturated heterocycles. The molecule has 2 amide bonds. The molecule has 2 rings (SSSR count). The molecule has 4 heteroatoms. The normalized spacial score (nSPS) is 11.5. The predicted octanol–water partition coefficient (Wildman–Crippen LogP) is 3.54. The molecule has 126 valence electrons. The van der Waals surface area contributed by atoms with Crippen molar-refractivity contribution in [3.8, 4) is 0 Å². The maximum absolute atomic E-state index is 12.5. The highest BCUT2D eigenvalue weighted by Gasteiger charge is 2.20. The van der Waals surface area contributed by atoms with E-state index in [1.54, 1.807) is 0 Å². The van der Waals surface area contributed by atoms with Crippen LogP contribution in [-0.4, -0.2) is 17.9 Å². The largest absolute Gasteiger partial charge is 0.344 e. The van der Waals surface area contributed by atoms with E-state index >= 15 is 0 Å². The smallest absolute Gasteiger partial charge is 0.246 e. The monoisotopic (exact) mass is 324 g/mol. The number of carbonyl (C=O) groups is 2. The van der Waals surface area contributed by atoms with Gasteiger partial charge in [-0.05, 0) is 37.0 Å². The van der Waals surface area contributed by atoms with E-state index in [0.29, 0.717) is 12.8 Å². The van der Waals surface area contributed by atoms with Crippen LogP contribution in [0.2, 0.25) is 0 Å². The predicted molar refractivity (Wildman–Crippen MR) is 96.7 cm³/mol. The van der Waals surface area contributed by atoms with Crippen molar-refractivity contribution in [2.75, 3.05) is 5.32 Å². The third-order valence-electron chi connectivity index (χ3n) is 3.73. The second-order valence-corrected chi connectivity index (χ2v) is 5.75. The van der Waals surface area contributed by atoms with Crippen LogP contribution in [0.3, 0.4) is 0 Å². The summed E-state index contributed by atoms with van der Waals surface area (Å²) in [4.78, 5) is 24.5. The third-order valence-corrected chi connectivity index (χ3v) is 3.73. The van der Waals surface area contributed by atoms with Crippen LogP contribution in [0, 0.1) is 0 Å². The Hall–Kier alpha value is -2.62. The fourth-order valence-corrected chi connectivity index (χ4v) is 2.47. The van der Waals surface area contributed by atoms with E-state index in [4.69, 9.17) is 0 Å². The molecule has 4 nitrogen and oxygen atoms in total. The van der Waals surface area contributed by atoms with E-state index in [9.17, 15) is 9.59 Å². The van der Waals surface area contributed by atoms with Gasteiger partial charge in [0.05, 0.1) is 0 Å². The minimum absolute atomic E-state index is 0.0845. The van der Waals surface area contributed by atoms with Gasteiger partial charge in [-0.25, -0.2) is 0 Å². The molecule has 0 aliphatic carbocycles. The first-order valence-electron chi connectivity index (χ1n) is 8.38. The second-order valence-electron chi connectivity index (χ2n) is 5.75. The Morgan fingerprint density at radius 2 is 1.58 bits per heavy atom. The van der Waals surface area contributed by atoms with Crippen LogP contribution >= 0.6 is 0 Å². The summed E-state index contributed by atoms with van der Waals surface area (Å²) in [5.41, 5.74) is 1.89. The summed E-state index contributed by atoms with van der Waals surface area (Å²) < 4.78 is 0. The highest BCUT2D eigenvalue weighted by atomic mass is 16.2. The maximum atomic E-state index is 12.5. The van der Waals surface area contributed by atoms with E-state index in [2.05, 4.69) is 10.6 Å². The van der Waals surface area contributed by atoms with Gasteiger partial charge in [-0.15, -0.1) is 0 Å². The highest BCUT2D eigenvalue weighted by molar-refractivity contribution is 5.97. The van der Waals surface area contributed by atoms with Crippen molar-refractivity contribution in [2.45, 2.75) is 38.6 Å². The van der Waals surface area contributed by atoms with Crippen LogP contribution in [0.25, 0.3) is 0 Å². The lowest BCUT2D eigenvalue weighted by Gasteiger charge is -2.18. The number of carbonyl (C=O) groups excluding carboxylic acids is 2. The molecule has 0 heterocycles. The number of nitrogens with one attached hydrogen (secondary N) is 2. The topological polar surface area (TPSA) is 58.2 Å². The standard InChI is InChI=1S/C20H24N2O2/c1-2-9-19(23)22-18(15-14-16-10-5-3-6-11-16)20(24)21-17-12-7-4-8-13-17/h3-8,10-13,18H,2,9,14-15H2,1H3,(H,21,24)(H,22,23)/t18-/m0/s1. The zero-order chi connectivity index (χ0) is 17.2. The number of benzene rings is 2. The van der Waals surface area contributed by atoms with Gasteiger partial charge in [-0.1, -0.05) is 55.5 Å². The van der Waals surface area contributed by atoms with E-state index in [0.717, 1.165) is 24.1 Å². The minimum atomic E-state index is -0.538. The summed E-state index contributed by atoms with van der Waals surface area (Å²) >= 11 is 0. The molecule has 1 atom stereocenters. The Bertz CT molecular complexity index is 641. The summed E-state index contributed by atoms with van der Waals surface area (Å²) in [7, 11) is 0. The van der Waals surface area contributed by atoms with Crippen molar-refractivity contribution in [1.29, 1.82) is 0 Å². The summed E-state index contributed by atoms with van der Waals surface area (Å²) in [5, 5.41) is 5.73. The number of anilines is 1. The van der Waals surface area contributed by atoms with Crippen molar-refractivity contribution >= 4 is 17.5 Å². The first-order valence-corrected chi connectivity index (χ1v) is 8.38. The molecule has 2 aromatic carbocycles. The quantitative estimate of drug-likeness (QED) is 0.780. The molecule has 0 fully saturated rings. The van der Waals surface area contributed by atoms with Gasteiger partial charge in [0.25, 0.3) is 0 Å². The molecule has 0 spiro atoms. The van der Waals surface area contributed by atoms with Gasteiger partial charge < -0.3 is 10.6 Å². The number of aryl methyl sites for hydroxylation is 1. The van der Waals surface area contributed by atoms with Crippen molar-refractivity contribution in [2.24, 2.45) is 0 Å². The molecular formula is C20H24N2O2. The second kappa shape index (κ2) is 9.50. The van der Waals surface area contributed by atoms with E-state index in [1.165, 1.54) is 0 Å². The van der Waals surface area contributed by atoms with E-state index < -0.39 is 6.04 Å². The lowest BCUT2D eigenvalue weighted by Crippen LogP contribution is -2.44. The number of hydrogen-bond acceptors (Lipinski definition) is 2. The van der Waals surface area contributed by atoms with Gasteiger partial charge in [-0.3, -0.25) is 9.59 Å². The fourth-order valence-electron chi connectivity index (χ4n) is 2.47. The zero-order valence-electron chi connectivity index (χ0n) is 14.0. The van der Waals surface area contributed by atoms with Gasteiger partial charge in [0.15, 0.2) is 0 Å². The van der Waals surface area contributed by atoms with Gasteiger partial charge >= 0.3 is 0 Å². The van der Waals surface area contributed by atoms with Gasteiger partial charge in [0.1, 0.15) is 6.04 Å². The Labute approximate surface area is 143 Å². The van der Waals surface area contributed by atoms with Crippen molar-refractivity contribution in [3.63, 3.8) is 0 Å². The Morgan fingerprint density at radius 3 is 2.21 bits per heavy atom. The van der Waals surface area contributed by atoms with E-state index in [-0.39, 0.29) is 11.8 Å². The number of amides is 2. The molecule has 0 aliphatic heterocycles. The Morgan fingerprint density at radius 1 is 0.958 bits per heavy atom. The molecule has 2 N–H and O–H groups in total. The van der Waals surface area contributed by atoms with Gasteiger partial charge in [0.2, 0.25) is 11.8 Å². The first-order chi connectivity index (χ1) is 11.7. The number of hydrogen-bond donors (Lipinski definition) is 2. The molecule has 0 aliphatic rings. The molecular weight excluding hydrogens is 300 g/mol. The minimum Gasteiger partial charge on any atom is -0.344 e. The number of para-hydroxylation sites is 1. The lowest BCUT2D eigenvalue weighted by molar-refractivity contribution is -0.126. The average molecular weight is 324 g/mol. The molecule has 2 aromatic rings. The lowest BCUT2D eigenvalue weighted by atomic mass is 10.0. The van der Waals surface area contributed by atoms with E-state index in [1.807, 2.05) is 67.6 Å². The third kappa shape index (κ3) is 5.88. The summed E-state index contributed by atoms with van der Waals surface area (Å²) in [6.07, 6.45) is 2.50. The SMILES string of the molecule is CCCC(=O)N[C@@H](CCc1ccccc1)C(=O)Nc1ccccc1. The van der Waals surface area contributed by atoms with Crippen LogP contribution in [0.1, 0.15) is 31.7 Å². The van der Waals surface area contributed by atoms with Crippen LogP contribution in [-0.2, 0) is 16.0 Å². The van der Waals surface area contributed by atoms with Gasteiger partial charge in [0, 0.05) is 12.1 Å². The maximum Gasteiger partial charge on any atom is 0.246 e. The van der Waals surface area contributed by atoms with Crippen LogP contribution < -0.4 is 10.6 Å². The van der Waals surface area contributed by atoms with Crippen molar-refractivity contribution in [1.82, 2.24) is 5.32 Å². The van der Waals surface area contributed by atoms with Gasteiger partial charge in [-0.2, -0.15) is 0 Å². The van der Waals surface area contributed by atoms with Crippen LogP contribution in [0.4, 0.5) is 5.69 Å². The Kier molecular flexibility index (Phi) is 7.02. The van der Waals surface area contributed by atoms with Crippen LogP contribution in [0.15, 0.2) is 60.7 Å². The first kappa shape index (κ1) is 17.7. The molecule has 0 aromatic heterocycles. The molecule has 0 unspecified atom stereocenters. The average Bonchev–Trinajstić information content (AvgIpc) is 2.60. The zero-order valence-corrected chi connectivity index (χ0v) is 14.0. The van der Waals surface area contributed by atoms with Crippen LogP contribution in [0.5, 0.6) is 0 Å². The summed E-state index contributed by atoms with van der Waals surface area (Å²) in [5.74, 6) is -0.264. The molecule has 0 bridgehead atoms. The molecule has 24 heavy (non-hydrogen) atoms.